The molecular weight excluding hydrogens is 322 g/mol. The van der Waals surface area contributed by atoms with Crippen LogP contribution in [0.4, 0.5) is 0 Å². The number of hydrogen-bond donors (Lipinski definition) is 1. The fourth-order valence-corrected chi connectivity index (χ4v) is 2.36. The number of halogens is 1. The van der Waals surface area contributed by atoms with Gasteiger partial charge in [-0.25, -0.2) is 0 Å². The summed E-state index contributed by atoms with van der Waals surface area (Å²) in [6.07, 6.45) is 2.41. The summed E-state index contributed by atoms with van der Waals surface area (Å²) >= 11 is 3.52. The zero-order valence-electron chi connectivity index (χ0n) is 12.1. The molecule has 0 radical (unpaired) electrons. The highest BCUT2D eigenvalue weighted by molar-refractivity contribution is 9.10. The van der Waals surface area contributed by atoms with Crippen LogP contribution < -0.4 is 14.8 Å². The van der Waals surface area contributed by atoms with Crippen molar-refractivity contribution >= 4 is 15.9 Å². The van der Waals surface area contributed by atoms with Gasteiger partial charge in [-0.05, 0) is 53.5 Å². The molecule has 0 saturated heterocycles. The summed E-state index contributed by atoms with van der Waals surface area (Å²) in [5, 5.41) is 3.36. The van der Waals surface area contributed by atoms with Crippen molar-refractivity contribution in [2.24, 2.45) is 0 Å². The van der Waals surface area contributed by atoms with Crippen LogP contribution in [0.3, 0.4) is 0 Å². The molecule has 0 unspecified atom stereocenters. The second-order valence-electron chi connectivity index (χ2n) is 4.11. The Labute approximate surface area is 129 Å². The third kappa shape index (κ3) is 5.43. The molecule has 5 heteroatoms. The highest BCUT2D eigenvalue weighted by Gasteiger charge is 2.10. The van der Waals surface area contributed by atoms with E-state index in [0.29, 0.717) is 13.2 Å². The fraction of sp³-hybridized carbons (Fsp3) is 0.467. The summed E-state index contributed by atoms with van der Waals surface area (Å²) in [5.74, 6) is 1.49. The number of hydrogen-bond acceptors (Lipinski definition) is 4. The van der Waals surface area contributed by atoms with E-state index in [1.807, 2.05) is 19.1 Å². The van der Waals surface area contributed by atoms with E-state index in [2.05, 4.69) is 27.8 Å². The van der Waals surface area contributed by atoms with Crippen LogP contribution in [0.2, 0.25) is 0 Å². The smallest absolute Gasteiger partial charge is 0.175 e. The van der Waals surface area contributed by atoms with Gasteiger partial charge >= 0.3 is 0 Å². The molecule has 0 aromatic heterocycles. The van der Waals surface area contributed by atoms with Gasteiger partial charge in [-0.15, -0.1) is 0 Å². The first-order chi connectivity index (χ1) is 9.72. The summed E-state index contributed by atoms with van der Waals surface area (Å²) in [4.78, 5) is 0. The van der Waals surface area contributed by atoms with Crippen LogP contribution >= 0.6 is 15.9 Å². The van der Waals surface area contributed by atoms with E-state index in [1.165, 1.54) is 6.26 Å². The molecule has 0 spiro atoms. The maximum absolute atomic E-state index is 5.57. The van der Waals surface area contributed by atoms with Gasteiger partial charge in [0.25, 0.3) is 0 Å². The molecule has 0 amide bonds. The summed E-state index contributed by atoms with van der Waals surface area (Å²) in [6.45, 7) is 8.41. The Morgan fingerprint density at radius 3 is 2.85 bits per heavy atom. The topological polar surface area (TPSA) is 39.7 Å². The Balaban J connectivity index is 2.54. The maximum Gasteiger partial charge on any atom is 0.175 e. The molecule has 0 aliphatic rings. The third-order valence-corrected chi connectivity index (χ3v) is 3.23. The van der Waals surface area contributed by atoms with Crippen LogP contribution in [0.5, 0.6) is 11.5 Å². The largest absolute Gasteiger partial charge is 0.502 e. The zero-order valence-corrected chi connectivity index (χ0v) is 13.7. The lowest BCUT2D eigenvalue weighted by Crippen LogP contribution is -2.16. The molecule has 4 nitrogen and oxygen atoms in total. The predicted molar refractivity (Wildman–Crippen MR) is 84.3 cm³/mol. The highest BCUT2D eigenvalue weighted by Crippen LogP contribution is 2.36. The second-order valence-corrected chi connectivity index (χ2v) is 4.96. The SMILES string of the molecule is C=COCCCNCc1cc(Br)c(OCC)c(OC)c1. The lowest BCUT2D eigenvalue weighted by Gasteiger charge is -2.13. The summed E-state index contributed by atoms with van der Waals surface area (Å²) in [7, 11) is 1.65. The van der Waals surface area contributed by atoms with Crippen LogP contribution in [0.1, 0.15) is 18.9 Å². The molecule has 1 aromatic rings. The average molecular weight is 344 g/mol. The molecule has 1 aromatic carbocycles. The number of benzene rings is 1. The minimum absolute atomic E-state index is 0.607. The number of ether oxygens (including phenoxy) is 3. The molecule has 0 aliphatic heterocycles. The second kappa shape index (κ2) is 9.66. The molecule has 0 bridgehead atoms. The first-order valence-electron chi connectivity index (χ1n) is 6.65. The first kappa shape index (κ1) is 16.9. The Kier molecular flexibility index (Phi) is 8.14. The number of rotatable bonds is 10. The van der Waals surface area contributed by atoms with Crippen LogP contribution in [-0.4, -0.2) is 26.9 Å². The molecule has 0 aliphatic carbocycles. The van der Waals surface area contributed by atoms with Gasteiger partial charge in [0.05, 0.1) is 31.1 Å². The standard InChI is InChI=1S/C15H22BrNO3/c1-4-19-8-6-7-17-11-12-9-13(16)15(20-5-2)14(10-12)18-3/h4,9-10,17H,1,5-8,11H2,2-3H3. The molecule has 0 saturated carbocycles. The Bertz CT molecular complexity index is 424. The van der Waals surface area contributed by atoms with Crippen molar-refractivity contribution in [2.45, 2.75) is 19.9 Å². The van der Waals surface area contributed by atoms with Gasteiger partial charge in [0, 0.05) is 6.54 Å². The van der Waals surface area contributed by atoms with Crippen LogP contribution in [0, 0.1) is 0 Å². The minimum atomic E-state index is 0.607. The predicted octanol–water partition coefficient (Wildman–Crippen LogP) is 3.50. The highest BCUT2D eigenvalue weighted by atomic mass is 79.9. The van der Waals surface area contributed by atoms with Crippen LogP contribution in [0.25, 0.3) is 0 Å². The summed E-state index contributed by atoms with van der Waals surface area (Å²) < 4.78 is 16.9. The fourth-order valence-electron chi connectivity index (χ4n) is 1.76. The summed E-state index contributed by atoms with van der Waals surface area (Å²) in [6, 6.07) is 4.03. The number of methoxy groups -OCH3 is 1. The van der Waals surface area contributed by atoms with Crippen molar-refractivity contribution in [3.63, 3.8) is 0 Å². The molecule has 0 atom stereocenters. The van der Waals surface area contributed by atoms with Crippen LogP contribution in [-0.2, 0) is 11.3 Å². The Morgan fingerprint density at radius 2 is 2.20 bits per heavy atom. The lowest BCUT2D eigenvalue weighted by molar-refractivity contribution is 0.244. The van der Waals surface area contributed by atoms with Crippen molar-refractivity contribution in [1.29, 1.82) is 0 Å². The molecule has 112 valence electrons. The van der Waals surface area contributed by atoms with Gasteiger partial charge in [0.15, 0.2) is 11.5 Å². The third-order valence-electron chi connectivity index (χ3n) is 2.64. The van der Waals surface area contributed by atoms with E-state index in [9.17, 15) is 0 Å². The molecular formula is C15H22BrNO3. The lowest BCUT2D eigenvalue weighted by atomic mass is 10.2. The quantitative estimate of drug-likeness (QED) is 0.521. The van der Waals surface area contributed by atoms with Crippen molar-refractivity contribution < 1.29 is 14.2 Å². The van der Waals surface area contributed by atoms with E-state index in [0.717, 1.165) is 41.0 Å². The van der Waals surface area contributed by atoms with E-state index >= 15 is 0 Å². The first-order valence-corrected chi connectivity index (χ1v) is 7.44. The maximum atomic E-state index is 5.57. The average Bonchev–Trinajstić information content (AvgIpc) is 2.45. The molecule has 20 heavy (non-hydrogen) atoms. The molecule has 1 N–H and O–H groups in total. The normalized spacial score (nSPS) is 10.2. The number of nitrogens with one attached hydrogen (secondary N) is 1. The Morgan fingerprint density at radius 1 is 1.40 bits per heavy atom. The summed E-state index contributed by atoms with van der Waals surface area (Å²) in [5.41, 5.74) is 1.14. The van der Waals surface area contributed by atoms with Crippen LogP contribution in [0.15, 0.2) is 29.4 Å². The minimum Gasteiger partial charge on any atom is -0.502 e. The Hall–Kier alpha value is -1.20. The van der Waals surface area contributed by atoms with Gasteiger partial charge in [0.2, 0.25) is 0 Å². The van der Waals surface area contributed by atoms with Crippen molar-refractivity contribution in [3.8, 4) is 11.5 Å². The van der Waals surface area contributed by atoms with Gasteiger partial charge in [-0.1, -0.05) is 6.58 Å². The zero-order chi connectivity index (χ0) is 14.8. The van der Waals surface area contributed by atoms with E-state index in [-0.39, 0.29) is 0 Å². The van der Waals surface area contributed by atoms with Gasteiger partial charge in [0.1, 0.15) is 0 Å². The van der Waals surface area contributed by atoms with Crippen molar-refractivity contribution in [1.82, 2.24) is 5.32 Å². The van der Waals surface area contributed by atoms with Gasteiger partial charge in [-0.3, -0.25) is 0 Å². The van der Waals surface area contributed by atoms with Crippen molar-refractivity contribution in [2.75, 3.05) is 26.9 Å². The molecule has 0 fully saturated rings. The van der Waals surface area contributed by atoms with E-state index in [4.69, 9.17) is 14.2 Å². The van der Waals surface area contributed by atoms with Gasteiger partial charge < -0.3 is 19.5 Å². The van der Waals surface area contributed by atoms with E-state index < -0.39 is 0 Å². The molecule has 0 heterocycles. The van der Waals surface area contributed by atoms with E-state index in [1.54, 1.807) is 7.11 Å². The van der Waals surface area contributed by atoms with Crippen molar-refractivity contribution in [3.05, 3.63) is 35.0 Å². The monoisotopic (exact) mass is 343 g/mol. The van der Waals surface area contributed by atoms with Gasteiger partial charge in [-0.2, -0.15) is 0 Å². The molecule has 1 rings (SSSR count).